The highest BCUT2D eigenvalue weighted by molar-refractivity contribution is 6.03. The summed E-state index contributed by atoms with van der Waals surface area (Å²) >= 11 is 0. The lowest BCUT2D eigenvalue weighted by molar-refractivity contribution is -0.384. The number of amides is 2. The topological polar surface area (TPSA) is 78.7 Å². The van der Waals surface area contributed by atoms with E-state index in [9.17, 15) is 23.7 Å². The summed E-state index contributed by atoms with van der Waals surface area (Å²) in [6, 6.07) is 16.5. The van der Waals surface area contributed by atoms with Gasteiger partial charge in [0.2, 0.25) is 0 Å². The van der Waals surface area contributed by atoms with E-state index < -0.39 is 22.2 Å². The molecule has 0 bridgehead atoms. The Bertz CT molecular complexity index is 1270. The lowest BCUT2D eigenvalue weighted by Crippen LogP contribution is -2.46. The summed E-state index contributed by atoms with van der Waals surface area (Å²) in [5.74, 6) is -0.874. The molecule has 0 saturated carbocycles. The van der Waals surface area contributed by atoms with Crippen molar-refractivity contribution in [2.24, 2.45) is 0 Å². The van der Waals surface area contributed by atoms with E-state index in [4.69, 9.17) is 0 Å². The molecule has 9 heteroatoms. The third-order valence-electron chi connectivity index (χ3n) is 7.01. The van der Waals surface area contributed by atoms with Crippen molar-refractivity contribution >= 4 is 23.1 Å². The van der Waals surface area contributed by atoms with Gasteiger partial charge < -0.3 is 5.32 Å². The molecule has 0 aliphatic carbocycles. The van der Waals surface area contributed by atoms with Gasteiger partial charge in [-0.15, -0.1) is 0 Å². The van der Waals surface area contributed by atoms with Crippen LogP contribution in [0.5, 0.6) is 0 Å². The first-order valence-electron chi connectivity index (χ1n) is 11.4. The Balaban J connectivity index is 1.32. The Hall–Kier alpha value is -3.85. The number of rotatable bonds is 4. The molecule has 0 radical (unpaired) electrons. The second kappa shape index (κ2) is 9.07. The van der Waals surface area contributed by atoms with Crippen LogP contribution in [0.25, 0.3) is 0 Å². The van der Waals surface area contributed by atoms with Crippen molar-refractivity contribution < 1.29 is 18.5 Å². The van der Waals surface area contributed by atoms with Gasteiger partial charge in [-0.1, -0.05) is 24.3 Å². The maximum atomic E-state index is 14.3. The number of halogens is 2. The largest absolute Gasteiger partial charge is 0.326 e. The van der Waals surface area contributed by atoms with Crippen molar-refractivity contribution in [2.75, 3.05) is 29.9 Å². The van der Waals surface area contributed by atoms with E-state index in [1.165, 1.54) is 36.4 Å². The molecule has 2 aliphatic rings. The van der Waals surface area contributed by atoms with Gasteiger partial charge in [0.25, 0.3) is 5.69 Å². The summed E-state index contributed by atoms with van der Waals surface area (Å²) in [6.07, 6.45) is 1.44. The summed E-state index contributed by atoms with van der Waals surface area (Å²) in [5.41, 5.74) is 2.19. The number of hydrogen-bond acceptors (Lipinski definition) is 4. The predicted molar refractivity (Wildman–Crippen MR) is 128 cm³/mol. The van der Waals surface area contributed by atoms with Crippen molar-refractivity contribution in [1.29, 1.82) is 0 Å². The summed E-state index contributed by atoms with van der Waals surface area (Å²) in [5, 5.41) is 13.5. The maximum Gasteiger partial charge on any atom is 0.326 e. The molecule has 1 spiro atoms. The van der Waals surface area contributed by atoms with Crippen LogP contribution < -0.4 is 10.2 Å². The zero-order valence-electron chi connectivity index (χ0n) is 18.9. The molecule has 35 heavy (non-hydrogen) atoms. The molecule has 3 aromatic carbocycles. The number of nitrogens with one attached hydrogen (secondary N) is 1. The Labute approximate surface area is 201 Å². The molecule has 0 unspecified atom stereocenters. The van der Waals surface area contributed by atoms with Gasteiger partial charge in [0, 0.05) is 36.3 Å². The molecule has 2 amide bonds. The van der Waals surface area contributed by atoms with Crippen LogP contribution in [-0.4, -0.2) is 35.5 Å². The minimum Gasteiger partial charge on any atom is -0.305 e. The van der Waals surface area contributed by atoms with Crippen molar-refractivity contribution in [3.05, 3.63) is 99.6 Å². The first-order chi connectivity index (χ1) is 16.8. The molecular formula is C26H24F2N4O3. The van der Waals surface area contributed by atoms with Gasteiger partial charge in [0.15, 0.2) is 0 Å². The Morgan fingerprint density at radius 1 is 1.03 bits per heavy atom. The first-order valence-corrected chi connectivity index (χ1v) is 11.4. The molecule has 7 nitrogen and oxygen atoms in total. The Kier molecular flexibility index (Phi) is 5.94. The highest BCUT2D eigenvalue weighted by atomic mass is 19.1. The molecule has 180 valence electrons. The van der Waals surface area contributed by atoms with Gasteiger partial charge >= 0.3 is 6.03 Å². The zero-order valence-corrected chi connectivity index (χ0v) is 18.9. The summed E-state index contributed by atoms with van der Waals surface area (Å²) < 4.78 is 28.4. The number of benzene rings is 3. The number of carbonyl (C=O) groups is 1. The van der Waals surface area contributed by atoms with Crippen LogP contribution in [0, 0.1) is 21.7 Å². The number of nitro benzene ring substituents is 1. The lowest BCUT2D eigenvalue weighted by atomic mass is 9.74. The molecular weight excluding hydrogens is 454 g/mol. The van der Waals surface area contributed by atoms with Crippen molar-refractivity contribution in [2.45, 2.75) is 24.8 Å². The normalized spacial score (nSPS) is 16.8. The second-order valence-corrected chi connectivity index (χ2v) is 9.14. The third kappa shape index (κ3) is 4.46. The number of para-hydroxylation sites is 1. The van der Waals surface area contributed by atoms with E-state index in [1.54, 1.807) is 35.2 Å². The number of piperidine rings is 1. The van der Waals surface area contributed by atoms with Crippen molar-refractivity contribution in [1.82, 2.24) is 4.90 Å². The summed E-state index contributed by atoms with van der Waals surface area (Å²) in [6.45, 7) is 2.50. The first kappa shape index (κ1) is 22.9. The molecule has 1 N–H and O–H groups in total. The number of urea groups is 1. The minimum atomic E-state index is -0.520. The molecule has 5 rings (SSSR count). The smallest absolute Gasteiger partial charge is 0.305 e. The van der Waals surface area contributed by atoms with Crippen LogP contribution in [-0.2, 0) is 12.0 Å². The number of anilines is 2. The fraction of sp³-hybridized carbons (Fsp3) is 0.269. The van der Waals surface area contributed by atoms with E-state index in [-0.39, 0.29) is 17.2 Å². The fourth-order valence-corrected chi connectivity index (χ4v) is 5.12. The number of non-ortho nitro benzene ring substituents is 1. The number of nitro groups is 1. The van der Waals surface area contributed by atoms with Gasteiger partial charge in [-0.2, -0.15) is 0 Å². The molecule has 0 aromatic heterocycles. The highest BCUT2D eigenvalue weighted by Crippen LogP contribution is 2.47. The quantitative estimate of drug-likeness (QED) is 0.399. The van der Waals surface area contributed by atoms with E-state index in [0.29, 0.717) is 18.8 Å². The SMILES string of the molecule is O=C(Nc1ccccc1F)N1CC2(CCN(Cc3ccc([N+](=O)[O-])cc3)CC2)c2cc(F)ccc21. The van der Waals surface area contributed by atoms with E-state index in [0.717, 1.165) is 37.1 Å². The highest BCUT2D eigenvalue weighted by Gasteiger charge is 2.46. The van der Waals surface area contributed by atoms with Crippen LogP contribution in [0.3, 0.4) is 0 Å². The molecule has 1 fully saturated rings. The molecule has 2 heterocycles. The predicted octanol–water partition coefficient (Wildman–Crippen LogP) is 5.46. The third-order valence-corrected chi connectivity index (χ3v) is 7.01. The number of likely N-dealkylation sites (tertiary alicyclic amines) is 1. The van der Waals surface area contributed by atoms with Gasteiger partial charge in [0.05, 0.1) is 10.6 Å². The number of hydrogen-bond donors (Lipinski definition) is 1. The fourth-order valence-electron chi connectivity index (χ4n) is 5.12. The number of carbonyl (C=O) groups excluding carboxylic acids is 1. The van der Waals surface area contributed by atoms with E-state index >= 15 is 0 Å². The van der Waals surface area contributed by atoms with Crippen LogP contribution in [0.1, 0.15) is 24.0 Å². The van der Waals surface area contributed by atoms with Gasteiger partial charge in [0.1, 0.15) is 11.6 Å². The maximum absolute atomic E-state index is 14.3. The zero-order chi connectivity index (χ0) is 24.6. The molecule has 1 saturated heterocycles. The van der Waals surface area contributed by atoms with Crippen LogP contribution >= 0.6 is 0 Å². The van der Waals surface area contributed by atoms with Crippen LogP contribution in [0.4, 0.5) is 30.6 Å². The molecule has 3 aromatic rings. The average molecular weight is 478 g/mol. The molecule has 2 aliphatic heterocycles. The molecule has 0 atom stereocenters. The summed E-state index contributed by atoms with van der Waals surface area (Å²) in [7, 11) is 0. The van der Waals surface area contributed by atoms with Crippen molar-refractivity contribution in [3.8, 4) is 0 Å². The average Bonchev–Trinajstić information content (AvgIpc) is 3.16. The van der Waals surface area contributed by atoms with Crippen LogP contribution in [0.15, 0.2) is 66.7 Å². The number of nitrogens with zero attached hydrogens (tertiary/aromatic N) is 3. The Morgan fingerprint density at radius 2 is 1.74 bits per heavy atom. The van der Waals surface area contributed by atoms with Gasteiger partial charge in [-0.3, -0.25) is 19.9 Å². The van der Waals surface area contributed by atoms with Crippen molar-refractivity contribution in [3.63, 3.8) is 0 Å². The summed E-state index contributed by atoms with van der Waals surface area (Å²) in [4.78, 5) is 27.4. The number of fused-ring (bicyclic) bond motifs is 2. The minimum absolute atomic E-state index is 0.0599. The van der Waals surface area contributed by atoms with Crippen LogP contribution in [0.2, 0.25) is 0 Å². The van der Waals surface area contributed by atoms with Gasteiger partial charge in [-0.05, 0) is 67.4 Å². The Morgan fingerprint density at radius 3 is 2.43 bits per heavy atom. The standard InChI is InChI=1S/C26H24F2N4O3/c27-19-7-10-24-21(15-19)26(17-31(24)25(33)29-23-4-2-1-3-22(23)28)11-13-30(14-12-26)16-18-5-8-20(9-6-18)32(34)35/h1-10,15H,11-14,16-17H2,(H,29,33). The second-order valence-electron chi connectivity index (χ2n) is 9.14. The monoisotopic (exact) mass is 478 g/mol. The van der Waals surface area contributed by atoms with Gasteiger partial charge in [-0.25, -0.2) is 13.6 Å². The van der Waals surface area contributed by atoms with E-state index in [1.807, 2.05) is 0 Å². The lowest BCUT2D eigenvalue weighted by Gasteiger charge is -2.40. The van der Waals surface area contributed by atoms with E-state index in [2.05, 4.69) is 10.2 Å².